The topological polar surface area (TPSA) is 77.8 Å². The lowest BCUT2D eigenvalue weighted by molar-refractivity contribution is 0.627. The van der Waals surface area contributed by atoms with Crippen LogP contribution in [-0.4, -0.2) is 9.97 Å². The molecule has 0 saturated heterocycles. The molecule has 4 rings (SSSR count). The van der Waals surface area contributed by atoms with Crippen LogP contribution in [0.2, 0.25) is 10.0 Å². The second-order valence-electron chi connectivity index (χ2n) is 6.15. The number of anilines is 2. The standard InChI is InChI=1S/2C10H8ClFN2S/c2*11-9-4-7(12)2-1-6(9)3-8-5-14-10(13)15-8/h2*1-2,4-5H,3H2,(H2,13,14). The third-order valence-corrected chi connectivity index (χ3v) is 6.26. The number of halogens is 4. The van der Waals surface area contributed by atoms with Gasteiger partial charge in [0.15, 0.2) is 10.3 Å². The Bertz CT molecular complexity index is 1060. The van der Waals surface area contributed by atoms with Gasteiger partial charge in [0.05, 0.1) is 0 Å². The van der Waals surface area contributed by atoms with E-state index >= 15 is 0 Å². The Morgan fingerprint density at radius 3 is 1.43 bits per heavy atom. The van der Waals surface area contributed by atoms with E-state index in [-0.39, 0.29) is 11.6 Å². The minimum atomic E-state index is -0.326. The van der Waals surface area contributed by atoms with Crippen LogP contribution in [0.3, 0.4) is 0 Å². The smallest absolute Gasteiger partial charge is 0.180 e. The SMILES string of the molecule is Nc1ncc(Cc2ccc(F)cc2Cl)s1.Nc1ncc(Cc2ccc(F)cc2Cl)s1. The summed E-state index contributed by atoms with van der Waals surface area (Å²) in [5.41, 5.74) is 12.8. The summed E-state index contributed by atoms with van der Waals surface area (Å²) in [5.74, 6) is -0.653. The summed E-state index contributed by atoms with van der Waals surface area (Å²) in [5, 5.41) is 1.93. The van der Waals surface area contributed by atoms with Crippen LogP contribution >= 0.6 is 45.9 Å². The van der Waals surface area contributed by atoms with Crippen molar-refractivity contribution >= 4 is 56.1 Å². The number of benzene rings is 2. The molecular formula is C20H16Cl2F2N4S2. The van der Waals surface area contributed by atoms with Crippen LogP contribution in [0.25, 0.3) is 0 Å². The van der Waals surface area contributed by atoms with Crippen molar-refractivity contribution in [2.75, 3.05) is 11.5 Å². The zero-order chi connectivity index (χ0) is 21.7. The van der Waals surface area contributed by atoms with Gasteiger partial charge in [-0.3, -0.25) is 0 Å². The minimum Gasteiger partial charge on any atom is -0.375 e. The third-order valence-electron chi connectivity index (χ3n) is 3.90. The Balaban J connectivity index is 0.000000171. The quantitative estimate of drug-likeness (QED) is 0.360. The molecule has 0 amide bonds. The molecule has 0 unspecified atom stereocenters. The van der Waals surface area contributed by atoms with Gasteiger partial charge in [-0.15, -0.1) is 22.7 Å². The molecule has 4 N–H and O–H groups in total. The van der Waals surface area contributed by atoms with Crippen molar-refractivity contribution in [3.8, 4) is 0 Å². The predicted octanol–water partition coefficient (Wildman–Crippen LogP) is 6.22. The number of hydrogen-bond acceptors (Lipinski definition) is 6. The molecule has 0 bridgehead atoms. The lowest BCUT2D eigenvalue weighted by Crippen LogP contribution is -1.87. The molecule has 0 fully saturated rings. The molecule has 0 radical (unpaired) electrons. The van der Waals surface area contributed by atoms with Crippen LogP contribution in [0, 0.1) is 11.6 Å². The van der Waals surface area contributed by atoms with E-state index in [9.17, 15) is 8.78 Å². The lowest BCUT2D eigenvalue weighted by Gasteiger charge is -2.01. The second kappa shape index (κ2) is 10.2. The molecule has 30 heavy (non-hydrogen) atoms. The average molecular weight is 485 g/mol. The van der Waals surface area contributed by atoms with E-state index in [2.05, 4.69) is 9.97 Å². The summed E-state index contributed by atoms with van der Waals surface area (Å²) in [6.07, 6.45) is 4.68. The normalized spacial score (nSPS) is 10.5. The maximum atomic E-state index is 12.8. The molecule has 0 saturated carbocycles. The highest BCUT2D eigenvalue weighted by Crippen LogP contribution is 2.25. The second-order valence-corrected chi connectivity index (χ2v) is 9.26. The first-order valence-electron chi connectivity index (χ1n) is 8.58. The van der Waals surface area contributed by atoms with Crippen molar-refractivity contribution in [1.82, 2.24) is 9.97 Å². The Labute approximate surface area is 190 Å². The van der Waals surface area contributed by atoms with Gasteiger partial charge in [-0.25, -0.2) is 18.7 Å². The maximum Gasteiger partial charge on any atom is 0.180 e. The molecule has 2 aromatic heterocycles. The molecular weight excluding hydrogens is 469 g/mol. The summed E-state index contributed by atoms with van der Waals surface area (Å²) < 4.78 is 25.6. The summed E-state index contributed by atoms with van der Waals surface area (Å²) in [7, 11) is 0. The van der Waals surface area contributed by atoms with Crippen molar-refractivity contribution in [3.05, 3.63) is 91.4 Å². The Morgan fingerprint density at radius 2 is 1.13 bits per heavy atom. The predicted molar refractivity (Wildman–Crippen MR) is 121 cm³/mol. The van der Waals surface area contributed by atoms with E-state index in [1.54, 1.807) is 24.5 Å². The highest BCUT2D eigenvalue weighted by Gasteiger charge is 2.06. The number of aromatic nitrogens is 2. The Kier molecular flexibility index (Phi) is 7.60. The highest BCUT2D eigenvalue weighted by atomic mass is 35.5. The Morgan fingerprint density at radius 1 is 0.733 bits per heavy atom. The zero-order valence-electron chi connectivity index (χ0n) is 15.4. The van der Waals surface area contributed by atoms with Crippen LogP contribution < -0.4 is 11.5 Å². The van der Waals surface area contributed by atoms with Crippen molar-refractivity contribution in [3.63, 3.8) is 0 Å². The van der Waals surface area contributed by atoms with Crippen LogP contribution in [-0.2, 0) is 12.8 Å². The molecule has 156 valence electrons. The van der Waals surface area contributed by atoms with Crippen LogP contribution in [0.1, 0.15) is 20.9 Å². The molecule has 0 atom stereocenters. The van der Waals surface area contributed by atoms with Crippen LogP contribution in [0.5, 0.6) is 0 Å². The number of nitrogens with two attached hydrogens (primary N) is 2. The van der Waals surface area contributed by atoms with E-state index in [0.717, 1.165) is 20.9 Å². The number of nitrogens with zero attached hydrogens (tertiary/aromatic N) is 2. The van der Waals surface area contributed by atoms with Crippen molar-refractivity contribution in [1.29, 1.82) is 0 Å². The number of nitrogen functional groups attached to an aromatic ring is 2. The van der Waals surface area contributed by atoms with Crippen molar-refractivity contribution in [2.24, 2.45) is 0 Å². The van der Waals surface area contributed by atoms with Gasteiger partial charge >= 0.3 is 0 Å². The van der Waals surface area contributed by atoms with E-state index in [0.29, 0.717) is 33.2 Å². The Hall–Kier alpha value is -2.26. The van der Waals surface area contributed by atoms with Gasteiger partial charge in [0.1, 0.15) is 11.6 Å². The van der Waals surface area contributed by atoms with E-state index in [1.807, 2.05) is 0 Å². The minimum absolute atomic E-state index is 0.326. The third kappa shape index (κ3) is 6.37. The summed E-state index contributed by atoms with van der Waals surface area (Å²) in [6, 6.07) is 8.75. The van der Waals surface area contributed by atoms with Crippen LogP contribution in [0.15, 0.2) is 48.8 Å². The fraction of sp³-hybridized carbons (Fsp3) is 0.100. The molecule has 4 nitrogen and oxygen atoms in total. The van der Waals surface area contributed by atoms with Gasteiger partial charge < -0.3 is 11.5 Å². The fourth-order valence-electron chi connectivity index (χ4n) is 2.51. The van der Waals surface area contributed by atoms with Gasteiger partial charge in [-0.1, -0.05) is 35.3 Å². The highest BCUT2D eigenvalue weighted by molar-refractivity contribution is 7.15. The lowest BCUT2D eigenvalue weighted by atomic mass is 10.1. The first-order chi connectivity index (χ1) is 14.3. The van der Waals surface area contributed by atoms with E-state index in [4.69, 9.17) is 34.7 Å². The monoisotopic (exact) mass is 484 g/mol. The largest absolute Gasteiger partial charge is 0.375 e. The molecule has 0 aliphatic rings. The van der Waals surface area contributed by atoms with Crippen molar-refractivity contribution < 1.29 is 8.78 Å². The van der Waals surface area contributed by atoms with Gasteiger partial charge in [0, 0.05) is 45.0 Å². The number of rotatable bonds is 4. The van der Waals surface area contributed by atoms with Crippen LogP contribution in [0.4, 0.5) is 19.0 Å². The zero-order valence-corrected chi connectivity index (χ0v) is 18.6. The van der Waals surface area contributed by atoms with Crippen molar-refractivity contribution in [2.45, 2.75) is 12.8 Å². The number of thiazole rings is 2. The average Bonchev–Trinajstić information content (AvgIpc) is 3.28. The first-order valence-corrected chi connectivity index (χ1v) is 11.0. The summed E-state index contributed by atoms with van der Waals surface area (Å²) >= 11 is 14.6. The molecule has 4 aromatic rings. The summed E-state index contributed by atoms with van der Waals surface area (Å²) in [6.45, 7) is 0. The molecule has 0 aliphatic heterocycles. The molecule has 10 heteroatoms. The molecule has 2 aromatic carbocycles. The maximum absolute atomic E-state index is 12.8. The fourth-order valence-corrected chi connectivity index (χ4v) is 4.40. The van der Waals surface area contributed by atoms with Gasteiger partial charge in [0.25, 0.3) is 0 Å². The molecule has 0 spiro atoms. The van der Waals surface area contributed by atoms with E-state index in [1.165, 1.54) is 46.9 Å². The van der Waals surface area contributed by atoms with Gasteiger partial charge in [-0.2, -0.15) is 0 Å². The van der Waals surface area contributed by atoms with Gasteiger partial charge in [-0.05, 0) is 35.4 Å². The van der Waals surface area contributed by atoms with E-state index < -0.39 is 0 Å². The first kappa shape index (κ1) is 22.4. The van der Waals surface area contributed by atoms with Gasteiger partial charge in [0.2, 0.25) is 0 Å². The molecule has 0 aliphatic carbocycles. The summed E-state index contributed by atoms with van der Waals surface area (Å²) in [4.78, 5) is 9.91. The molecule has 2 heterocycles. The number of hydrogen-bond donors (Lipinski definition) is 2.